The smallest absolute Gasteiger partial charge is 0.221 e. The van der Waals surface area contributed by atoms with Gasteiger partial charge < -0.3 is 16.4 Å². The number of nitrogens with one attached hydrogen (secondary N) is 1. The summed E-state index contributed by atoms with van der Waals surface area (Å²) in [5, 5.41) is 7.65. The Morgan fingerprint density at radius 3 is 2.13 bits per heavy atom. The highest BCUT2D eigenvalue weighted by Crippen LogP contribution is 2.06. The number of guanidine groups is 2. The molecule has 0 aliphatic carbocycles. The molecule has 0 aromatic rings. The van der Waals surface area contributed by atoms with Crippen LogP contribution in [0.5, 0.6) is 0 Å². The number of nitrogens with two attached hydrogens (primary N) is 2. The second kappa shape index (κ2) is 4.97. The molecule has 1 fully saturated rings. The van der Waals surface area contributed by atoms with Gasteiger partial charge in [0.05, 0.1) is 0 Å². The lowest BCUT2D eigenvalue weighted by atomic mass is 10.2. The van der Waals surface area contributed by atoms with Gasteiger partial charge in [-0.1, -0.05) is 0 Å². The van der Waals surface area contributed by atoms with E-state index in [-0.39, 0.29) is 11.9 Å². The normalized spacial score (nSPS) is 17.9. The molecular weight excluding hydrogens is 192 g/mol. The zero-order valence-corrected chi connectivity index (χ0v) is 9.40. The molecule has 6 nitrogen and oxygen atoms in total. The van der Waals surface area contributed by atoms with Crippen molar-refractivity contribution < 1.29 is 0 Å². The van der Waals surface area contributed by atoms with Gasteiger partial charge in [0, 0.05) is 32.2 Å². The van der Waals surface area contributed by atoms with Gasteiger partial charge in [0.2, 0.25) is 5.96 Å². The Morgan fingerprint density at radius 1 is 1.20 bits per heavy atom. The van der Waals surface area contributed by atoms with E-state index in [1.165, 1.54) is 0 Å². The van der Waals surface area contributed by atoms with Crippen LogP contribution >= 0.6 is 0 Å². The number of hydrogen-bond donors (Lipinski definition) is 3. The molecule has 0 spiro atoms. The summed E-state index contributed by atoms with van der Waals surface area (Å²) in [5.74, 6) is 0.115. The molecule has 0 aromatic heterocycles. The van der Waals surface area contributed by atoms with Crippen LogP contribution in [-0.4, -0.2) is 53.9 Å². The lowest BCUT2D eigenvalue weighted by Crippen LogP contribution is -2.50. The summed E-state index contributed by atoms with van der Waals surface area (Å²) in [6.07, 6.45) is 0. The van der Waals surface area contributed by atoms with Crippen molar-refractivity contribution in [3.63, 3.8) is 0 Å². The van der Waals surface area contributed by atoms with Crippen molar-refractivity contribution in [2.45, 2.75) is 19.9 Å². The lowest BCUT2D eigenvalue weighted by Gasteiger charge is -2.36. The minimum absolute atomic E-state index is 0.0497. The Labute approximate surface area is 90.4 Å². The fourth-order valence-electron chi connectivity index (χ4n) is 1.64. The molecule has 0 aromatic carbocycles. The SMILES string of the molecule is CC(C)N1CCN(C(=N)N=C(N)N)CC1. The number of aliphatic imine (C=N–C) groups is 1. The molecule has 0 atom stereocenters. The first-order chi connectivity index (χ1) is 7.00. The maximum absolute atomic E-state index is 7.65. The van der Waals surface area contributed by atoms with Gasteiger partial charge in [-0.2, -0.15) is 4.99 Å². The van der Waals surface area contributed by atoms with Crippen molar-refractivity contribution in [1.29, 1.82) is 5.41 Å². The van der Waals surface area contributed by atoms with Crippen LogP contribution in [-0.2, 0) is 0 Å². The van der Waals surface area contributed by atoms with Crippen molar-refractivity contribution >= 4 is 11.9 Å². The van der Waals surface area contributed by atoms with E-state index in [2.05, 4.69) is 23.7 Å². The predicted molar refractivity (Wildman–Crippen MR) is 61.8 cm³/mol. The minimum Gasteiger partial charge on any atom is -0.370 e. The molecule has 15 heavy (non-hydrogen) atoms. The molecule has 1 saturated heterocycles. The third kappa shape index (κ3) is 3.39. The maximum atomic E-state index is 7.65. The summed E-state index contributed by atoms with van der Waals surface area (Å²) < 4.78 is 0. The van der Waals surface area contributed by atoms with Crippen LogP contribution in [0, 0.1) is 5.41 Å². The molecule has 0 unspecified atom stereocenters. The third-order valence-electron chi connectivity index (χ3n) is 2.58. The van der Waals surface area contributed by atoms with Crippen LogP contribution in [0.3, 0.4) is 0 Å². The Kier molecular flexibility index (Phi) is 3.90. The van der Waals surface area contributed by atoms with E-state index in [1.54, 1.807) is 0 Å². The average Bonchev–Trinajstić information content (AvgIpc) is 2.17. The van der Waals surface area contributed by atoms with Crippen molar-refractivity contribution in [3.05, 3.63) is 0 Å². The van der Waals surface area contributed by atoms with Gasteiger partial charge in [0.15, 0.2) is 5.96 Å². The van der Waals surface area contributed by atoms with Crippen LogP contribution in [0.15, 0.2) is 4.99 Å². The van der Waals surface area contributed by atoms with Crippen LogP contribution in [0.25, 0.3) is 0 Å². The van der Waals surface area contributed by atoms with E-state index in [9.17, 15) is 0 Å². The first kappa shape index (κ1) is 11.8. The second-order valence-corrected chi connectivity index (χ2v) is 3.98. The number of rotatable bonds is 1. The Morgan fingerprint density at radius 2 is 1.73 bits per heavy atom. The van der Waals surface area contributed by atoms with Crippen LogP contribution in [0.2, 0.25) is 0 Å². The highest BCUT2D eigenvalue weighted by atomic mass is 15.3. The fraction of sp³-hybridized carbons (Fsp3) is 0.778. The fourth-order valence-corrected chi connectivity index (χ4v) is 1.64. The van der Waals surface area contributed by atoms with Crippen LogP contribution < -0.4 is 11.5 Å². The quantitative estimate of drug-likeness (QED) is 0.392. The lowest BCUT2D eigenvalue weighted by molar-refractivity contribution is 0.147. The van der Waals surface area contributed by atoms with Gasteiger partial charge in [-0.3, -0.25) is 10.3 Å². The van der Waals surface area contributed by atoms with E-state index in [4.69, 9.17) is 16.9 Å². The molecule has 86 valence electrons. The van der Waals surface area contributed by atoms with E-state index >= 15 is 0 Å². The zero-order chi connectivity index (χ0) is 11.4. The maximum Gasteiger partial charge on any atom is 0.221 e. The van der Waals surface area contributed by atoms with Gasteiger partial charge >= 0.3 is 0 Å². The van der Waals surface area contributed by atoms with Gasteiger partial charge in [-0.05, 0) is 13.8 Å². The Hall–Kier alpha value is -1.30. The summed E-state index contributed by atoms with van der Waals surface area (Å²) in [4.78, 5) is 8.00. The van der Waals surface area contributed by atoms with Crippen molar-refractivity contribution in [3.8, 4) is 0 Å². The number of hydrogen-bond acceptors (Lipinski definition) is 2. The van der Waals surface area contributed by atoms with Crippen LogP contribution in [0.4, 0.5) is 0 Å². The topological polar surface area (TPSA) is 94.7 Å². The van der Waals surface area contributed by atoms with Crippen molar-refractivity contribution in [2.75, 3.05) is 26.2 Å². The summed E-state index contributed by atoms with van der Waals surface area (Å²) in [6.45, 7) is 7.90. The molecule has 0 amide bonds. The van der Waals surface area contributed by atoms with Crippen LogP contribution in [0.1, 0.15) is 13.8 Å². The summed E-state index contributed by atoms with van der Waals surface area (Å²) in [6, 6.07) is 0.560. The second-order valence-electron chi connectivity index (χ2n) is 3.98. The number of nitrogens with zero attached hydrogens (tertiary/aromatic N) is 3. The summed E-state index contributed by atoms with van der Waals surface area (Å²) in [7, 11) is 0. The molecule has 0 saturated carbocycles. The summed E-state index contributed by atoms with van der Waals surface area (Å²) >= 11 is 0. The van der Waals surface area contributed by atoms with E-state index in [0.29, 0.717) is 6.04 Å². The van der Waals surface area contributed by atoms with E-state index in [1.807, 2.05) is 4.90 Å². The van der Waals surface area contributed by atoms with Gasteiger partial charge in [-0.25, -0.2) is 0 Å². The van der Waals surface area contributed by atoms with Gasteiger partial charge in [0.1, 0.15) is 0 Å². The highest BCUT2D eigenvalue weighted by molar-refractivity contribution is 5.91. The molecule has 1 rings (SSSR count). The molecule has 5 N–H and O–H groups in total. The average molecular weight is 212 g/mol. The van der Waals surface area contributed by atoms with Gasteiger partial charge in [0.25, 0.3) is 0 Å². The molecule has 1 heterocycles. The monoisotopic (exact) mass is 212 g/mol. The molecule has 1 aliphatic rings. The third-order valence-corrected chi connectivity index (χ3v) is 2.58. The first-order valence-corrected chi connectivity index (χ1v) is 5.18. The number of piperazine rings is 1. The van der Waals surface area contributed by atoms with Crippen molar-refractivity contribution in [2.24, 2.45) is 16.5 Å². The highest BCUT2D eigenvalue weighted by Gasteiger charge is 2.20. The zero-order valence-electron chi connectivity index (χ0n) is 9.40. The standard InChI is InChI=1S/C9H20N6/c1-7(2)14-3-5-15(6-4-14)9(12)13-8(10)11/h7H,3-6H2,1-2H3,(H5,10,11,12,13). The minimum atomic E-state index is -0.0497. The largest absolute Gasteiger partial charge is 0.370 e. The first-order valence-electron chi connectivity index (χ1n) is 5.18. The molecule has 0 radical (unpaired) electrons. The molecule has 1 aliphatic heterocycles. The Balaban J connectivity index is 2.44. The summed E-state index contributed by atoms with van der Waals surface area (Å²) in [5.41, 5.74) is 10.5. The molecular formula is C9H20N6. The van der Waals surface area contributed by atoms with E-state index in [0.717, 1.165) is 26.2 Å². The van der Waals surface area contributed by atoms with Gasteiger partial charge in [-0.15, -0.1) is 0 Å². The van der Waals surface area contributed by atoms with E-state index < -0.39 is 0 Å². The Bertz CT molecular complexity index is 247. The predicted octanol–water partition coefficient (Wildman–Crippen LogP) is -0.779. The van der Waals surface area contributed by atoms with Crippen molar-refractivity contribution in [1.82, 2.24) is 9.80 Å². The molecule has 0 bridgehead atoms. The molecule has 6 heteroatoms.